The highest BCUT2D eigenvalue weighted by atomic mass is 79.9. The molecule has 20 heavy (non-hydrogen) atoms. The van der Waals surface area contributed by atoms with Gasteiger partial charge in [0.2, 0.25) is 0 Å². The Morgan fingerprint density at radius 3 is 2.50 bits per heavy atom. The third kappa shape index (κ3) is 2.58. The zero-order valence-corrected chi connectivity index (χ0v) is 12.1. The molecule has 0 saturated heterocycles. The Morgan fingerprint density at radius 2 is 1.65 bits per heavy atom. The number of para-hydroxylation sites is 1. The summed E-state index contributed by atoms with van der Waals surface area (Å²) in [4.78, 5) is 11.0. The topological polar surface area (TPSA) is 26.3 Å². The van der Waals surface area contributed by atoms with Crippen LogP contribution in [-0.2, 0) is 0 Å². The Hall–Kier alpha value is -2.13. The van der Waals surface area contributed by atoms with Gasteiger partial charge < -0.3 is 4.74 Å². The molecule has 3 rings (SSSR count). The maximum Gasteiger partial charge on any atom is 0.153 e. The standard InChI is InChI=1S/C17H11BrO2/c18-15-7-5-13-10-16(8-6-12(13)9-15)20-17-4-2-1-3-14(17)11-19/h1-11H. The van der Waals surface area contributed by atoms with Crippen molar-refractivity contribution in [1.29, 1.82) is 0 Å². The van der Waals surface area contributed by atoms with Crippen molar-refractivity contribution < 1.29 is 9.53 Å². The van der Waals surface area contributed by atoms with Gasteiger partial charge >= 0.3 is 0 Å². The van der Waals surface area contributed by atoms with Crippen molar-refractivity contribution in [1.82, 2.24) is 0 Å². The Balaban J connectivity index is 1.98. The molecule has 0 aromatic heterocycles. The lowest BCUT2D eigenvalue weighted by molar-refractivity contribution is 0.112. The highest BCUT2D eigenvalue weighted by Crippen LogP contribution is 2.28. The first-order valence-corrected chi connectivity index (χ1v) is 6.97. The number of ether oxygens (including phenoxy) is 1. The summed E-state index contributed by atoms with van der Waals surface area (Å²) >= 11 is 3.45. The van der Waals surface area contributed by atoms with Crippen LogP contribution in [0.2, 0.25) is 0 Å². The van der Waals surface area contributed by atoms with E-state index in [9.17, 15) is 4.79 Å². The number of benzene rings is 3. The normalized spacial score (nSPS) is 10.4. The van der Waals surface area contributed by atoms with Gasteiger partial charge in [-0.15, -0.1) is 0 Å². The molecule has 3 aromatic rings. The molecule has 2 nitrogen and oxygen atoms in total. The van der Waals surface area contributed by atoms with Gasteiger partial charge in [0.25, 0.3) is 0 Å². The summed E-state index contributed by atoms with van der Waals surface area (Å²) in [5.74, 6) is 1.29. The van der Waals surface area contributed by atoms with Gasteiger partial charge in [0.1, 0.15) is 11.5 Å². The quantitative estimate of drug-likeness (QED) is 0.618. The Labute approximate surface area is 125 Å². The third-order valence-corrected chi connectivity index (χ3v) is 3.54. The van der Waals surface area contributed by atoms with Crippen molar-refractivity contribution in [3.05, 3.63) is 70.7 Å². The van der Waals surface area contributed by atoms with Crippen LogP contribution in [0.15, 0.2) is 65.1 Å². The number of fused-ring (bicyclic) bond motifs is 1. The summed E-state index contributed by atoms with van der Waals surface area (Å²) in [5.41, 5.74) is 0.545. The predicted molar refractivity (Wildman–Crippen MR) is 83.6 cm³/mol. The van der Waals surface area contributed by atoms with Crippen molar-refractivity contribution in [2.75, 3.05) is 0 Å². The Bertz CT molecular complexity index is 781. The SMILES string of the molecule is O=Cc1ccccc1Oc1ccc2cc(Br)ccc2c1. The van der Waals surface area contributed by atoms with E-state index >= 15 is 0 Å². The molecule has 0 bridgehead atoms. The molecule has 0 aliphatic carbocycles. The van der Waals surface area contributed by atoms with Crippen LogP contribution in [0.3, 0.4) is 0 Å². The van der Waals surface area contributed by atoms with E-state index in [-0.39, 0.29) is 0 Å². The zero-order chi connectivity index (χ0) is 13.9. The molecule has 3 heteroatoms. The fraction of sp³-hybridized carbons (Fsp3) is 0. The fourth-order valence-corrected chi connectivity index (χ4v) is 2.43. The van der Waals surface area contributed by atoms with Crippen LogP contribution >= 0.6 is 15.9 Å². The van der Waals surface area contributed by atoms with Crippen LogP contribution in [-0.4, -0.2) is 6.29 Å². The molecule has 3 aromatic carbocycles. The van der Waals surface area contributed by atoms with Crippen LogP contribution in [0, 0.1) is 0 Å². The molecule has 0 unspecified atom stereocenters. The Morgan fingerprint density at radius 1 is 0.900 bits per heavy atom. The molecular weight excluding hydrogens is 316 g/mol. The average Bonchev–Trinajstić information content (AvgIpc) is 2.48. The monoisotopic (exact) mass is 326 g/mol. The number of carbonyl (C=O) groups is 1. The molecule has 0 atom stereocenters. The van der Waals surface area contributed by atoms with E-state index in [2.05, 4.69) is 22.0 Å². The van der Waals surface area contributed by atoms with Crippen molar-refractivity contribution in [3.63, 3.8) is 0 Å². The van der Waals surface area contributed by atoms with Gasteiger partial charge in [-0.3, -0.25) is 4.79 Å². The number of carbonyl (C=O) groups excluding carboxylic acids is 1. The molecule has 98 valence electrons. The van der Waals surface area contributed by atoms with E-state index in [0.29, 0.717) is 17.1 Å². The van der Waals surface area contributed by atoms with Gasteiger partial charge in [0.15, 0.2) is 6.29 Å². The van der Waals surface area contributed by atoms with Gasteiger partial charge in [-0.25, -0.2) is 0 Å². The van der Waals surface area contributed by atoms with Gasteiger partial charge in [-0.2, -0.15) is 0 Å². The molecular formula is C17H11BrO2. The lowest BCUT2D eigenvalue weighted by Crippen LogP contribution is -1.89. The first-order valence-electron chi connectivity index (χ1n) is 6.18. The van der Waals surface area contributed by atoms with E-state index in [1.165, 1.54) is 0 Å². The molecule has 0 aliphatic rings. The summed E-state index contributed by atoms with van der Waals surface area (Å²) in [6.07, 6.45) is 0.799. The maximum atomic E-state index is 11.0. The van der Waals surface area contributed by atoms with Gasteiger partial charge in [0.05, 0.1) is 5.56 Å². The number of rotatable bonds is 3. The molecule has 0 radical (unpaired) electrons. The van der Waals surface area contributed by atoms with E-state index < -0.39 is 0 Å². The first-order chi connectivity index (χ1) is 9.76. The van der Waals surface area contributed by atoms with Crippen molar-refractivity contribution in [3.8, 4) is 11.5 Å². The largest absolute Gasteiger partial charge is 0.457 e. The fourth-order valence-electron chi connectivity index (χ4n) is 2.06. The molecule has 0 saturated carbocycles. The predicted octanol–water partition coefficient (Wildman–Crippen LogP) is 5.21. The lowest BCUT2D eigenvalue weighted by atomic mass is 10.1. The number of hydrogen-bond donors (Lipinski definition) is 0. The number of aldehydes is 1. The minimum absolute atomic E-state index is 0.545. The Kier molecular flexibility index (Phi) is 3.52. The highest BCUT2D eigenvalue weighted by molar-refractivity contribution is 9.10. The summed E-state index contributed by atoms with van der Waals surface area (Å²) in [6.45, 7) is 0. The number of halogens is 1. The van der Waals surface area contributed by atoms with E-state index in [1.807, 2.05) is 42.5 Å². The second kappa shape index (κ2) is 5.47. The summed E-state index contributed by atoms with van der Waals surface area (Å²) in [7, 11) is 0. The average molecular weight is 327 g/mol. The highest BCUT2D eigenvalue weighted by Gasteiger charge is 2.04. The van der Waals surface area contributed by atoms with E-state index in [4.69, 9.17) is 4.74 Å². The molecule has 0 amide bonds. The van der Waals surface area contributed by atoms with E-state index in [0.717, 1.165) is 21.5 Å². The summed E-state index contributed by atoms with van der Waals surface area (Å²) in [5, 5.41) is 2.23. The van der Waals surface area contributed by atoms with Crippen LogP contribution < -0.4 is 4.74 Å². The molecule has 0 N–H and O–H groups in total. The molecule has 0 aliphatic heterocycles. The van der Waals surface area contributed by atoms with Crippen molar-refractivity contribution in [2.45, 2.75) is 0 Å². The van der Waals surface area contributed by atoms with Crippen LogP contribution in [0.25, 0.3) is 10.8 Å². The van der Waals surface area contributed by atoms with Gasteiger partial charge in [-0.1, -0.05) is 40.2 Å². The zero-order valence-electron chi connectivity index (χ0n) is 10.5. The van der Waals surface area contributed by atoms with Crippen molar-refractivity contribution >= 4 is 33.0 Å². The second-order valence-corrected chi connectivity index (χ2v) is 5.33. The molecule has 0 fully saturated rings. The van der Waals surface area contributed by atoms with Gasteiger partial charge in [-0.05, 0) is 47.2 Å². The first kappa shape index (κ1) is 12.9. The smallest absolute Gasteiger partial charge is 0.153 e. The molecule has 0 spiro atoms. The third-order valence-electron chi connectivity index (χ3n) is 3.05. The molecule has 0 heterocycles. The lowest BCUT2D eigenvalue weighted by Gasteiger charge is -2.08. The van der Waals surface area contributed by atoms with E-state index in [1.54, 1.807) is 12.1 Å². The summed E-state index contributed by atoms with van der Waals surface area (Å²) in [6, 6.07) is 19.1. The summed E-state index contributed by atoms with van der Waals surface area (Å²) < 4.78 is 6.84. The van der Waals surface area contributed by atoms with Gasteiger partial charge in [0, 0.05) is 4.47 Å². The van der Waals surface area contributed by atoms with Crippen molar-refractivity contribution in [2.24, 2.45) is 0 Å². The van der Waals surface area contributed by atoms with Crippen LogP contribution in [0.1, 0.15) is 10.4 Å². The van der Waals surface area contributed by atoms with Crippen LogP contribution in [0.5, 0.6) is 11.5 Å². The van der Waals surface area contributed by atoms with Crippen LogP contribution in [0.4, 0.5) is 0 Å². The minimum Gasteiger partial charge on any atom is -0.457 e. The second-order valence-electron chi connectivity index (χ2n) is 4.41. The maximum absolute atomic E-state index is 11.0. The number of hydrogen-bond acceptors (Lipinski definition) is 2. The minimum atomic E-state index is 0.545.